The number of hydrogen-bond donors (Lipinski definition) is 1. The average molecular weight is 601 g/mol. The number of carbonyl (C=O) groups excluding carboxylic acids is 3. The van der Waals surface area contributed by atoms with Crippen LogP contribution in [-0.4, -0.2) is 90.6 Å². The molecule has 2 aliphatic rings. The molecule has 9 heteroatoms. The van der Waals surface area contributed by atoms with E-state index in [2.05, 4.69) is 18.4 Å². The molecule has 3 rings (SSSR count). The van der Waals surface area contributed by atoms with E-state index in [1.165, 1.54) is 0 Å². The number of allylic oxidation sites excluding steroid dienone is 1. The van der Waals surface area contributed by atoms with Crippen LogP contribution < -0.4 is 0 Å². The lowest BCUT2D eigenvalue weighted by molar-refractivity contribution is -0.260. The van der Waals surface area contributed by atoms with Gasteiger partial charge in [-0.2, -0.15) is 0 Å². The molecule has 43 heavy (non-hydrogen) atoms. The smallest absolute Gasteiger partial charge is 0.417 e. The van der Waals surface area contributed by atoms with Crippen LogP contribution in [0.2, 0.25) is 0 Å². The molecule has 2 fully saturated rings. The van der Waals surface area contributed by atoms with Crippen molar-refractivity contribution in [3.05, 3.63) is 48.6 Å². The molecule has 1 aromatic carbocycles. The van der Waals surface area contributed by atoms with Crippen LogP contribution in [0.15, 0.2) is 43.0 Å². The second-order valence-electron chi connectivity index (χ2n) is 12.9. The highest BCUT2D eigenvalue weighted by molar-refractivity contribution is 6.07. The molecule has 1 N–H and O–H groups in total. The van der Waals surface area contributed by atoms with Crippen molar-refractivity contribution in [2.75, 3.05) is 27.3 Å². The predicted octanol–water partition coefficient (Wildman–Crippen LogP) is 4.72. The molecule has 240 valence electrons. The fraction of sp³-hybridized carbons (Fsp3) is 0.676. The SMILES string of the molecule is C=CC[C@@H](C[C@@H](C)CO)[C@H](O[C@@H]1O[C@H](C)CC(N(C)C)[C@H]1C)[C@@H](C)C(=O)C(C)C(=O)N1C(=O)OC[C@H]1Cc1ccccc1. The Hall–Kier alpha value is -2.59. The Kier molecular flexibility index (Phi) is 12.9. The molecule has 0 bridgehead atoms. The molecule has 0 saturated carbocycles. The zero-order valence-electron chi connectivity index (χ0n) is 27.0. The maximum Gasteiger partial charge on any atom is 0.417 e. The number of carbonyl (C=O) groups is 3. The van der Waals surface area contributed by atoms with Gasteiger partial charge in [-0.25, -0.2) is 9.69 Å². The Morgan fingerprint density at radius 1 is 1.19 bits per heavy atom. The Labute approximate surface area is 257 Å². The fourth-order valence-corrected chi connectivity index (χ4v) is 6.60. The molecule has 9 nitrogen and oxygen atoms in total. The van der Waals surface area contributed by atoms with Gasteiger partial charge in [0.15, 0.2) is 6.29 Å². The van der Waals surface area contributed by atoms with E-state index in [9.17, 15) is 19.5 Å². The van der Waals surface area contributed by atoms with Crippen LogP contribution in [0.1, 0.15) is 59.4 Å². The predicted molar refractivity (Wildman–Crippen MR) is 165 cm³/mol. The third-order valence-electron chi connectivity index (χ3n) is 9.13. The molecular formula is C34H52N2O7. The van der Waals surface area contributed by atoms with Gasteiger partial charge >= 0.3 is 6.09 Å². The Balaban J connectivity index is 1.86. The first-order valence-corrected chi connectivity index (χ1v) is 15.7. The number of aliphatic hydroxyl groups is 1. The van der Waals surface area contributed by atoms with Gasteiger partial charge in [0.25, 0.3) is 0 Å². The summed E-state index contributed by atoms with van der Waals surface area (Å²) in [5.74, 6) is -2.77. The second kappa shape index (κ2) is 15.9. The highest BCUT2D eigenvalue weighted by atomic mass is 16.7. The van der Waals surface area contributed by atoms with Gasteiger partial charge in [0.05, 0.1) is 24.2 Å². The summed E-state index contributed by atoms with van der Waals surface area (Å²) in [4.78, 5) is 43.8. The summed E-state index contributed by atoms with van der Waals surface area (Å²) < 4.78 is 18.3. The van der Waals surface area contributed by atoms with Crippen molar-refractivity contribution in [2.45, 2.75) is 90.9 Å². The summed E-state index contributed by atoms with van der Waals surface area (Å²) in [7, 11) is 4.09. The van der Waals surface area contributed by atoms with Crippen LogP contribution in [0.4, 0.5) is 4.79 Å². The molecule has 2 aliphatic heterocycles. The Bertz CT molecular complexity index is 1080. The van der Waals surface area contributed by atoms with Crippen molar-refractivity contribution in [3.63, 3.8) is 0 Å². The average Bonchev–Trinajstić information content (AvgIpc) is 3.35. The summed E-state index contributed by atoms with van der Waals surface area (Å²) in [6, 6.07) is 9.34. The molecule has 0 aliphatic carbocycles. The molecule has 2 heterocycles. The topological polar surface area (TPSA) is 106 Å². The van der Waals surface area contributed by atoms with E-state index in [-0.39, 0.29) is 48.9 Å². The fourth-order valence-electron chi connectivity index (χ4n) is 6.60. The number of rotatable bonds is 15. The number of aliphatic hydroxyl groups excluding tert-OH is 1. The molecule has 0 radical (unpaired) electrons. The molecule has 1 aromatic rings. The van der Waals surface area contributed by atoms with E-state index in [0.29, 0.717) is 19.3 Å². The first kappa shape index (κ1) is 34.9. The van der Waals surface area contributed by atoms with E-state index in [1.807, 2.05) is 64.4 Å². The molecule has 10 atom stereocenters. The monoisotopic (exact) mass is 600 g/mol. The van der Waals surface area contributed by atoms with Crippen molar-refractivity contribution in [1.82, 2.24) is 9.80 Å². The third kappa shape index (κ3) is 8.75. The van der Waals surface area contributed by atoms with Gasteiger partial charge in [0.1, 0.15) is 12.4 Å². The van der Waals surface area contributed by atoms with Crippen molar-refractivity contribution in [2.24, 2.45) is 29.6 Å². The lowest BCUT2D eigenvalue weighted by Gasteiger charge is -2.45. The minimum atomic E-state index is -1.08. The zero-order chi connectivity index (χ0) is 31.8. The van der Waals surface area contributed by atoms with Crippen LogP contribution in [0.5, 0.6) is 0 Å². The summed E-state index contributed by atoms with van der Waals surface area (Å²) in [6.07, 6.45) is 2.40. The molecule has 2 unspecified atom stereocenters. The van der Waals surface area contributed by atoms with Crippen molar-refractivity contribution < 1.29 is 33.7 Å². The van der Waals surface area contributed by atoms with Crippen molar-refractivity contribution >= 4 is 17.8 Å². The summed E-state index contributed by atoms with van der Waals surface area (Å²) in [5.41, 5.74) is 0.974. The number of Topliss-reactive ketones (excluding diaryl/α,β-unsaturated/α-hetero) is 1. The maximum atomic E-state index is 14.1. The minimum absolute atomic E-state index is 0.00746. The van der Waals surface area contributed by atoms with Crippen LogP contribution in [0.25, 0.3) is 0 Å². The standard InChI is InChI=1S/C34H52N2O7/c1-9-13-27(16-21(2)19-37)31(43-33-23(4)29(35(7)8)17-22(3)42-33)24(5)30(38)25(6)32(39)36-28(20-41-34(36)40)18-26-14-11-10-12-15-26/h9-12,14-15,21-25,27-29,31,33,37H,1,13,16-20H2,2-8H3/t21-,22-,23-,24+,25?,27+,28-,29?,31-,33+/m1/s1. The molecule has 2 saturated heterocycles. The van der Waals surface area contributed by atoms with Gasteiger partial charge in [-0.15, -0.1) is 6.58 Å². The van der Waals surface area contributed by atoms with Crippen LogP contribution in [0.3, 0.4) is 0 Å². The molecule has 0 spiro atoms. The van der Waals surface area contributed by atoms with E-state index >= 15 is 0 Å². The van der Waals surface area contributed by atoms with Gasteiger partial charge in [-0.3, -0.25) is 9.59 Å². The first-order valence-electron chi connectivity index (χ1n) is 15.7. The van der Waals surface area contributed by atoms with Gasteiger partial charge in [0.2, 0.25) is 5.91 Å². The number of ketones is 1. The van der Waals surface area contributed by atoms with Crippen LogP contribution in [-0.2, 0) is 30.2 Å². The van der Waals surface area contributed by atoms with Crippen molar-refractivity contribution in [1.29, 1.82) is 0 Å². The summed E-state index contributed by atoms with van der Waals surface area (Å²) in [5, 5.41) is 9.86. The lowest BCUT2D eigenvalue weighted by Crippen LogP contribution is -2.52. The Morgan fingerprint density at radius 2 is 1.86 bits per heavy atom. The number of ether oxygens (including phenoxy) is 3. The number of cyclic esters (lactones) is 1. The van der Waals surface area contributed by atoms with Crippen molar-refractivity contribution in [3.8, 4) is 0 Å². The van der Waals surface area contributed by atoms with E-state index in [0.717, 1.165) is 16.9 Å². The number of hydrogen-bond acceptors (Lipinski definition) is 8. The zero-order valence-corrected chi connectivity index (χ0v) is 27.0. The molecule has 2 amide bonds. The highest BCUT2D eigenvalue weighted by Gasteiger charge is 2.45. The first-order chi connectivity index (χ1) is 20.4. The Morgan fingerprint density at radius 3 is 2.47 bits per heavy atom. The summed E-state index contributed by atoms with van der Waals surface area (Å²) in [6.45, 7) is 13.5. The number of nitrogens with zero attached hydrogens (tertiary/aromatic N) is 2. The van der Waals surface area contributed by atoms with E-state index < -0.39 is 42.3 Å². The van der Waals surface area contributed by atoms with E-state index in [1.54, 1.807) is 13.8 Å². The van der Waals surface area contributed by atoms with Gasteiger partial charge in [0, 0.05) is 24.5 Å². The van der Waals surface area contributed by atoms with Gasteiger partial charge < -0.3 is 24.2 Å². The second-order valence-corrected chi connectivity index (χ2v) is 12.9. The quantitative estimate of drug-likeness (QED) is 0.228. The highest BCUT2D eigenvalue weighted by Crippen LogP contribution is 2.35. The van der Waals surface area contributed by atoms with E-state index in [4.69, 9.17) is 14.2 Å². The summed E-state index contributed by atoms with van der Waals surface area (Å²) >= 11 is 0. The third-order valence-corrected chi connectivity index (χ3v) is 9.13. The van der Waals surface area contributed by atoms with Crippen LogP contribution in [0, 0.1) is 29.6 Å². The molecule has 0 aromatic heterocycles. The number of amides is 2. The maximum absolute atomic E-state index is 14.1. The normalized spacial score (nSPS) is 27.7. The largest absolute Gasteiger partial charge is 0.447 e. The van der Waals surface area contributed by atoms with Gasteiger partial charge in [-0.05, 0) is 71.0 Å². The van der Waals surface area contributed by atoms with Gasteiger partial charge in [-0.1, -0.05) is 57.2 Å². The van der Waals surface area contributed by atoms with Crippen LogP contribution >= 0.6 is 0 Å². The minimum Gasteiger partial charge on any atom is -0.447 e. The number of imide groups is 1. The molecular weight excluding hydrogens is 548 g/mol. The number of benzene rings is 1. The lowest BCUT2D eigenvalue weighted by atomic mass is 9.79.